The molecular formula is C12H16N2OS. The van der Waals surface area contributed by atoms with Crippen molar-refractivity contribution in [1.29, 1.82) is 0 Å². The van der Waals surface area contributed by atoms with Crippen molar-refractivity contribution in [2.75, 3.05) is 5.75 Å². The van der Waals surface area contributed by atoms with Gasteiger partial charge in [0.15, 0.2) is 0 Å². The fourth-order valence-electron chi connectivity index (χ4n) is 1.87. The maximum absolute atomic E-state index is 11.8. The van der Waals surface area contributed by atoms with Gasteiger partial charge in [-0.05, 0) is 18.1 Å². The van der Waals surface area contributed by atoms with Gasteiger partial charge in [0, 0.05) is 6.20 Å². The van der Waals surface area contributed by atoms with Crippen molar-refractivity contribution in [3.05, 3.63) is 30.1 Å². The van der Waals surface area contributed by atoms with Crippen LogP contribution in [0.1, 0.15) is 19.5 Å². The highest BCUT2D eigenvalue weighted by Crippen LogP contribution is 2.31. The van der Waals surface area contributed by atoms with Gasteiger partial charge in [-0.25, -0.2) is 0 Å². The van der Waals surface area contributed by atoms with Gasteiger partial charge in [-0.2, -0.15) is 0 Å². The first-order chi connectivity index (χ1) is 7.68. The molecule has 1 unspecified atom stereocenters. The summed E-state index contributed by atoms with van der Waals surface area (Å²) in [6, 6.07) is 5.82. The highest BCUT2D eigenvalue weighted by Gasteiger charge is 2.33. The Bertz CT molecular complexity index is 367. The first-order valence-corrected chi connectivity index (χ1v) is 6.54. The molecule has 1 aliphatic rings. The van der Waals surface area contributed by atoms with Gasteiger partial charge in [0.25, 0.3) is 0 Å². The average Bonchev–Trinajstić information content (AvgIpc) is 2.62. The van der Waals surface area contributed by atoms with Crippen molar-refractivity contribution in [2.24, 2.45) is 5.92 Å². The van der Waals surface area contributed by atoms with Gasteiger partial charge in [-0.3, -0.25) is 9.78 Å². The third kappa shape index (κ3) is 2.38. The van der Waals surface area contributed by atoms with E-state index < -0.39 is 0 Å². The number of pyridine rings is 1. The predicted molar refractivity (Wildman–Crippen MR) is 65.9 cm³/mol. The Morgan fingerprint density at radius 1 is 1.56 bits per heavy atom. The van der Waals surface area contributed by atoms with Gasteiger partial charge in [-0.1, -0.05) is 19.9 Å². The van der Waals surface area contributed by atoms with E-state index in [0.29, 0.717) is 23.6 Å². The number of aromatic nitrogens is 1. The molecule has 1 aliphatic heterocycles. The topological polar surface area (TPSA) is 33.2 Å². The molecule has 0 radical (unpaired) electrons. The Balaban J connectivity index is 2.10. The molecule has 1 saturated heterocycles. The molecule has 1 amide bonds. The summed E-state index contributed by atoms with van der Waals surface area (Å²) in [6.07, 6.45) is 1.77. The molecule has 0 aliphatic carbocycles. The van der Waals surface area contributed by atoms with Gasteiger partial charge >= 0.3 is 0 Å². The average molecular weight is 236 g/mol. The molecule has 1 aromatic heterocycles. The van der Waals surface area contributed by atoms with Crippen LogP contribution < -0.4 is 0 Å². The lowest BCUT2D eigenvalue weighted by Gasteiger charge is -2.26. The smallest absolute Gasteiger partial charge is 0.233 e. The van der Waals surface area contributed by atoms with Gasteiger partial charge in [0.2, 0.25) is 5.91 Å². The Morgan fingerprint density at radius 2 is 2.38 bits per heavy atom. The molecule has 2 heterocycles. The van der Waals surface area contributed by atoms with Crippen LogP contribution in [-0.4, -0.2) is 26.9 Å². The predicted octanol–water partition coefficient (Wildman–Crippen LogP) is 2.14. The molecule has 1 aromatic rings. The lowest BCUT2D eigenvalue weighted by molar-refractivity contribution is -0.129. The highest BCUT2D eigenvalue weighted by molar-refractivity contribution is 8.01. The van der Waals surface area contributed by atoms with E-state index in [2.05, 4.69) is 18.8 Å². The molecule has 0 N–H and O–H groups in total. The number of carbonyl (C=O) groups is 1. The molecule has 0 bridgehead atoms. The summed E-state index contributed by atoms with van der Waals surface area (Å²) >= 11 is 1.73. The number of rotatable bonds is 3. The van der Waals surface area contributed by atoms with Crippen LogP contribution in [0.2, 0.25) is 0 Å². The fraction of sp³-hybridized carbons (Fsp3) is 0.500. The summed E-state index contributed by atoms with van der Waals surface area (Å²) in [5.41, 5.74) is 0.962. The summed E-state index contributed by atoms with van der Waals surface area (Å²) in [4.78, 5) is 18.0. The number of nitrogens with zero attached hydrogens (tertiary/aromatic N) is 2. The normalized spacial score (nSPS) is 20.8. The molecule has 4 heteroatoms. The standard InChI is InChI=1S/C12H16N2OS/c1-9(2)12-14(11(15)8-16-12)7-10-5-3-4-6-13-10/h3-6,9,12H,7-8H2,1-2H3. The second-order valence-corrected chi connectivity index (χ2v) is 5.39. The van der Waals surface area contributed by atoms with Crippen LogP contribution in [0.3, 0.4) is 0 Å². The minimum Gasteiger partial charge on any atom is -0.324 e. The summed E-state index contributed by atoms with van der Waals surface area (Å²) in [7, 11) is 0. The Kier molecular flexibility index (Phi) is 3.49. The van der Waals surface area contributed by atoms with E-state index in [1.165, 1.54) is 0 Å². The van der Waals surface area contributed by atoms with Crippen LogP contribution >= 0.6 is 11.8 Å². The van der Waals surface area contributed by atoms with Crippen molar-refractivity contribution in [1.82, 2.24) is 9.88 Å². The third-order valence-electron chi connectivity index (χ3n) is 2.63. The number of amides is 1. The second-order valence-electron chi connectivity index (χ2n) is 4.29. The Morgan fingerprint density at radius 3 is 3.00 bits per heavy atom. The van der Waals surface area contributed by atoms with E-state index in [1.54, 1.807) is 18.0 Å². The van der Waals surface area contributed by atoms with Crippen molar-refractivity contribution in [3.8, 4) is 0 Å². The van der Waals surface area contributed by atoms with Gasteiger partial charge in [0.05, 0.1) is 23.4 Å². The first-order valence-electron chi connectivity index (χ1n) is 5.49. The summed E-state index contributed by atoms with van der Waals surface area (Å²) in [5, 5.41) is 0.300. The maximum atomic E-state index is 11.8. The molecule has 0 saturated carbocycles. The van der Waals surface area contributed by atoms with Crippen molar-refractivity contribution in [3.63, 3.8) is 0 Å². The number of hydrogen-bond donors (Lipinski definition) is 0. The largest absolute Gasteiger partial charge is 0.324 e. The van der Waals surface area contributed by atoms with Crippen LogP contribution in [0.25, 0.3) is 0 Å². The van der Waals surface area contributed by atoms with Crippen molar-refractivity contribution < 1.29 is 4.79 Å². The molecule has 1 atom stereocenters. The Hall–Kier alpha value is -1.03. The van der Waals surface area contributed by atoms with Crippen molar-refractivity contribution >= 4 is 17.7 Å². The number of thioether (sulfide) groups is 1. The number of carbonyl (C=O) groups excluding carboxylic acids is 1. The van der Waals surface area contributed by atoms with Crippen LogP contribution in [0.15, 0.2) is 24.4 Å². The van der Waals surface area contributed by atoms with E-state index in [-0.39, 0.29) is 5.91 Å². The summed E-state index contributed by atoms with van der Waals surface area (Å²) < 4.78 is 0. The monoisotopic (exact) mass is 236 g/mol. The minimum atomic E-state index is 0.231. The molecule has 86 valence electrons. The molecule has 2 rings (SSSR count). The van der Waals surface area contributed by atoms with Gasteiger partial charge < -0.3 is 4.90 Å². The zero-order chi connectivity index (χ0) is 11.5. The molecular weight excluding hydrogens is 220 g/mol. The summed E-state index contributed by atoms with van der Waals surface area (Å²) in [6.45, 7) is 4.94. The zero-order valence-electron chi connectivity index (χ0n) is 9.59. The first kappa shape index (κ1) is 11.5. The van der Waals surface area contributed by atoms with E-state index in [0.717, 1.165) is 5.69 Å². The Labute approximate surface area is 100 Å². The lowest BCUT2D eigenvalue weighted by Crippen LogP contribution is -2.35. The van der Waals surface area contributed by atoms with Crippen LogP contribution in [-0.2, 0) is 11.3 Å². The molecule has 0 aromatic carbocycles. The van der Waals surface area contributed by atoms with Crippen molar-refractivity contribution in [2.45, 2.75) is 25.8 Å². The second kappa shape index (κ2) is 4.87. The van der Waals surface area contributed by atoms with E-state index in [4.69, 9.17) is 0 Å². The SMILES string of the molecule is CC(C)C1SCC(=O)N1Cc1ccccn1. The third-order valence-corrected chi connectivity index (χ3v) is 4.19. The molecule has 16 heavy (non-hydrogen) atoms. The minimum absolute atomic E-state index is 0.231. The van der Waals surface area contributed by atoms with Crippen LogP contribution in [0.5, 0.6) is 0 Å². The molecule has 1 fully saturated rings. The zero-order valence-corrected chi connectivity index (χ0v) is 10.4. The maximum Gasteiger partial charge on any atom is 0.233 e. The van der Waals surface area contributed by atoms with Crippen LogP contribution in [0, 0.1) is 5.92 Å². The molecule has 0 spiro atoms. The van der Waals surface area contributed by atoms with E-state index in [9.17, 15) is 4.79 Å². The van der Waals surface area contributed by atoms with Gasteiger partial charge in [0.1, 0.15) is 0 Å². The van der Waals surface area contributed by atoms with E-state index >= 15 is 0 Å². The quantitative estimate of drug-likeness (QED) is 0.806. The fourth-order valence-corrected chi connectivity index (χ4v) is 3.10. The highest BCUT2D eigenvalue weighted by atomic mass is 32.2. The summed E-state index contributed by atoms with van der Waals surface area (Å²) in [5.74, 6) is 1.32. The lowest BCUT2D eigenvalue weighted by atomic mass is 10.2. The van der Waals surface area contributed by atoms with Crippen LogP contribution in [0.4, 0.5) is 0 Å². The number of hydrogen-bond acceptors (Lipinski definition) is 3. The van der Waals surface area contributed by atoms with E-state index in [1.807, 2.05) is 23.1 Å². The molecule has 3 nitrogen and oxygen atoms in total. The van der Waals surface area contributed by atoms with Gasteiger partial charge in [-0.15, -0.1) is 11.8 Å².